The lowest BCUT2D eigenvalue weighted by molar-refractivity contribution is 0.295. The fraction of sp³-hybridized carbons (Fsp3) is 0.692. The van der Waals surface area contributed by atoms with Gasteiger partial charge in [-0.15, -0.1) is 0 Å². The Bertz CT molecular complexity index is 406. The van der Waals surface area contributed by atoms with Crippen molar-refractivity contribution in [3.05, 3.63) is 11.4 Å². The molecule has 0 fully saturated rings. The smallest absolute Gasteiger partial charge is 0.148 e. The maximum atomic E-state index is 9.30. The van der Waals surface area contributed by atoms with Crippen molar-refractivity contribution in [2.45, 2.75) is 46.6 Å². The summed E-state index contributed by atoms with van der Waals surface area (Å²) in [6, 6.07) is 0.353. The van der Waals surface area contributed by atoms with E-state index in [0.717, 1.165) is 24.2 Å². The number of anilines is 2. The molecule has 0 radical (unpaired) electrons. The summed E-state index contributed by atoms with van der Waals surface area (Å²) in [7, 11) is 0. The molecular weight excluding hydrogens is 242 g/mol. The molecule has 0 aromatic carbocycles. The van der Waals surface area contributed by atoms with Gasteiger partial charge in [0.15, 0.2) is 0 Å². The fourth-order valence-corrected chi connectivity index (χ4v) is 2.33. The largest absolute Gasteiger partial charge is 0.395 e. The molecule has 1 aromatic rings. The molecule has 0 unspecified atom stereocenters. The average Bonchev–Trinajstić information content (AvgIpc) is 2.41. The minimum atomic E-state index is 0.102. The minimum Gasteiger partial charge on any atom is -0.395 e. The second-order valence-corrected chi connectivity index (χ2v) is 4.60. The number of hydrazine groups is 1. The summed E-state index contributed by atoms with van der Waals surface area (Å²) in [6.45, 7) is 8.73. The van der Waals surface area contributed by atoms with Gasteiger partial charge in [0, 0.05) is 18.2 Å². The lowest BCUT2D eigenvalue weighted by Gasteiger charge is -2.32. The third kappa shape index (κ3) is 3.54. The molecule has 0 amide bonds. The molecule has 0 bridgehead atoms. The zero-order valence-electron chi connectivity index (χ0n) is 12.3. The molecule has 0 aliphatic carbocycles. The number of nitrogens with two attached hydrogens (primary N) is 1. The topological polar surface area (TPSA) is 87.3 Å². The van der Waals surface area contributed by atoms with E-state index in [2.05, 4.69) is 34.1 Å². The monoisotopic (exact) mass is 267 g/mol. The van der Waals surface area contributed by atoms with E-state index in [-0.39, 0.29) is 6.61 Å². The Morgan fingerprint density at radius 2 is 1.89 bits per heavy atom. The maximum Gasteiger partial charge on any atom is 0.148 e. The predicted octanol–water partition coefficient (Wildman–Crippen LogP) is 1.37. The summed E-state index contributed by atoms with van der Waals surface area (Å²) in [5.41, 5.74) is 3.52. The molecule has 6 nitrogen and oxygen atoms in total. The van der Waals surface area contributed by atoms with E-state index in [0.29, 0.717) is 24.2 Å². The van der Waals surface area contributed by atoms with Crippen molar-refractivity contribution in [2.75, 3.05) is 23.5 Å². The van der Waals surface area contributed by atoms with E-state index in [1.165, 1.54) is 0 Å². The van der Waals surface area contributed by atoms with E-state index in [4.69, 9.17) is 5.84 Å². The van der Waals surface area contributed by atoms with Crippen LogP contribution in [-0.2, 0) is 0 Å². The van der Waals surface area contributed by atoms with Gasteiger partial charge in [0.1, 0.15) is 17.5 Å². The van der Waals surface area contributed by atoms with Crippen molar-refractivity contribution >= 4 is 11.6 Å². The number of hydrogen-bond donors (Lipinski definition) is 3. The van der Waals surface area contributed by atoms with Crippen LogP contribution in [0, 0.1) is 13.8 Å². The summed E-state index contributed by atoms with van der Waals surface area (Å²) >= 11 is 0. The second-order valence-electron chi connectivity index (χ2n) is 4.60. The van der Waals surface area contributed by atoms with Crippen LogP contribution in [-0.4, -0.2) is 34.3 Å². The average molecular weight is 267 g/mol. The van der Waals surface area contributed by atoms with Gasteiger partial charge in [-0.1, -0.05) is 13.8 Å². The van der Waals surface area contributed by atoms with E-state index in [1.807, 2.05) is 13.8 Å². The van der Waals surface area contributed by atoms with Gasteiger partial charge < -0.3 is 15.4 Å². The summed E-state index contributed by atoms with van der Waals surface area (Å²) in [5.74, 6) is 7.65. The molecule has 0 atom stereocenters. The molecule has 0 saturated carbocycles. The van der Waals surface area contributed by atoms with Gasteiger partial charge >= 0.3 is 0 Å². The number of nitrogens with one attached hydrogen (secondary N) is 1. The molecule has 1 heterocycles. The SMILES string of the molecule is CCC(CC)N(CCO)c1nc(C)nc(NN)c1C. The first-order valence-electron chi connectivity index (χ1n) is 6.78. The molecule has 0 spiro atoms. The molecule has 1 rings (SSSR count). The van der Waals surface area contributed by atoms with Gasteiger partial charge in [0.2, 0.25) is 0 Å². The third-order valence-electron chi connectivity index (χ3n) is 3.36. The Balaban J connectivity index is 3.25. The van der Waals surface area contributed by atoms with E-state index in [1.54, 1.807) is 0 Å². The Labute approximate surface area is 115 Å². The molecular formula is C13H25N5O. The summed E-state index contributed by atoms with van der Waals surface area (Å²) in [5, 5.41) is 9.30. The Morgan fingerprint density at radius 1 is 1.26 bits per heavy atom. The maximum absolute atomic E-state index is 9.30. The number of nitrogens with zero attached hydrogens (tertiary/aromatic N) is 3. The summed E-state index contributed by atoms with van der Waals surface area (Å²) < 4.78 is 0. The Kier molecular flexibility index (Phi) is 5.98. The van der Waals surface area contributed by atoms with Crippen LogP contribution in [0.5, 0.6) is 0 Å². The predicted molar refractivity (Wildman–Crippen MR) is 78.1 cm³/mol. The number of aliphatic hydroxyl groups excluding tert-OH is 1. The van der Waals surface area contributed by atoms with Gasteiger partial charge in [-0.2, -0.15) is 0 Å². The highest BCUT2D eigenvalue weighted by Gasteiger charge is 2.20. The molecule has 19 heavy (non-hydrogen) atoms. The van der Waals surface area contributed by atoms with Crippen molar-refractivity contribution in [2.24, 2.45) is 5.84 Å². The molecule has 0 aliphatic heterocycles. The normalized spacial score (nSPS) is 10.9. The lowest BCUT2D eigenvalue weighted by atomic mass is 10.1. The first-order valence-corrected chi connectivity index (χ1v) is 6.78. The highest BCUT2D eigenvalue weighted by Crippen LogP contribution is 2.26. The van der Waals surface area contributed by atoms with Gasteiger partial charge in [-0.3, -0.25) is 0 Å². The van der Waals surface area contributed by atoms with Crippen LogP contribution in [0.3, 0.4) is 0 Å². The third-order valence-corrected chi connectivity index (χ3v) is 3.36. The standard InChI is InChI=1S/C13H25N5O/c1-5-11(6-2)18(7-8-19)13-9(3)12(17-14)15-10(4)16-13/h11,19H,5-8,14H2,1-4H3,(H,15,16,17). The van der Waals surface area contributed by atoms with Gasteiger partial charge in [0.05, 0.1) is 6.61 Å². The fourth-order valence-electron chi connectivity index (χ4n) is 2.33. The molecule has 1 aromatic heterocycles. The molecule has 108 valence electrons. The van der Waals surface area contributed by atoms with Crippen LogP contribution in [0.25, 0.3) is 0 Å². The highest BCUT2D eigenvalue weighted by atomic mass is 16.3. The Morgan fingerprint density at radius 3 is 2.37 bits per heavy atom. The Hall–Kier alpha value is -1.40. The van der Waals surface area contributed by atoms with Crippen molar-refractivity contribution in [1.29, 1.82) is 0 Å². The number of aliphatic hydroxyl groups is 1. The zero-order chi connectivity index (χ0) is 14.4. The summed E-state index contributed by atoms with van der Waals surface area (Å²) in [4.78, 5) is 10.9. The van der Waals surface area contributed by atoms with Crippen LogP contribution in [0.2, 0.25) is 0 Å². The van der Waals surface area contributed by atoms with Crippen molar-refractivity contribution in [3.63, 3.8) is 0 Å². The lowest BCUT2D eigenvalue weighted by Crippen LogP contribution is -2.38. The molecule has 4 N–H and O–H groups in total. The second kappa shape index (κ2) is 7.25. The van der Waals surface area contributed by atoms with Crippen LogP contribution in [0.15, 0.2) is 0 Å². The highest BCUT2D eigenvalue weighted by molar-refractivity contribution is 5.58. The van der Waals surface area contributed by atoms with Crippen LogP contribution in [0.1, 0.15) is 38.1 Å². The van der Waals surface area contributed by atoms with E-state index >= 15 is 0 Å². The number of aromatic nitrogens is 2. The van der Waals surface area contributed by atoms with E-state index < -0.39 is 0 Å². The number of nitrogen functional groups attached to an aromatic ring is 1. The molecule has 0 aliphatic rings. The number of hydrogen-bond acceptors (Lipinski definition) is 6. The molecule has 0 saturated heterocycles. The minimum absolute atomic E-state index is 0.102. The van der Waals surface area contributed by atoms with Crippen LogP contribution in [0.4, 0.5) is 11.6 Å². The quantitative estimate of drug-likeness (QED) is 0.511. The van der Waals surface area contributed by atoms with Crippen LogP contribution >= 0.6 is 0 Å². The van der Waals surface area contributed by atoms with Gasteiger partial charge in [0.25, 0.3) is 0 Å². The van der Waals surface area contributed by atoms with Crippen LogP contribution < -0.4 is 16.2 Å². The first-order chi connectivity index (χ1) is 9.08. The van der Waals surface area contributed by atoms with Crippen molar-refractivity contribution in [1.82, 2.24) is 9.97 Å². The zero-order valence-corrected chi connectivity index (χ0v) is 12.3. The van der Waals surface area contributed by atoms with E-state index in [9.17, 15) is 5.11 Å². The molecule has 6 heteroatoms. The number of aryl methyl sites for hydroxylation is 1. The van der Waals surface area contributed by atoms with Crippen molar-refractivity contribution < 1.29 is 5.11 Å². The first kappa shape index (κ1) is 15.7. The van der Waals surface area contributed by atoms with Gasteiger partial charge in [-0.25, -0.2) is 15.8 Å². The summed E-state index contributed by atoms with van der Waals surface area (Å²) in [6.07, 6.45) is 2.01. The number of rotatable bonds is 7. The van der Waals surface area contributed by atoms with Gasteiger partial charge in [-0.05, 0) is 26.7 Å². The van der Waals surface area contributed by atoms with Crippen molar-refractivity contribution in [3.8, 4) is 0 Å².